The molecule has 0 saturated heterocycles. The lowest BCUT2D eigenvalue weighted by Gasteiger charge is -2.08. The van der Waals surface area contributed by atoms with Gasteiger partial charge in [-0.05, 0) is 40.4 Å². The number of carboxylic acids is 3. The van der Waals surface area contributed by atoms with Gasteiger partial charge < -0.3 is 20.2 Å². The third-order valence-electron chi connectivity index (χ3n) is 2.06. The molecule has 0 aromatic rings. The summed E-state index contributed by atoms with van der Waals surface area (Å²) >= 11 is 0. The van der Waals surface area contributed by atoms with Crippen molar-refractivity contribution in [2.45, 2.75) is 19.8 Å². The Morgan fingerprint density at radius 3 is 1.85 bits per heavy atom. The Balaban J connectivity index is 0. The lowest BCUT2D eigenvalue weighted by molar-refractivity contribution is -0.135. The first-order valence-electron chi connectivity index (χ1n) is 5.78. The van der Waals surface area contributed by atoms with Gasteiger partial charge in [-0.3, -0.25) is 0 Å². The first-order valence-corrected chi connectivity index (χ1v) is 5.78. The van der Waals surface area contributed by atoms with Crippen molar-refractivity contribution in [1.29, 1.82) is 0 Å². The van der Waals surface area contributed by atoms with E-state index in [-0.39, 0.29) is 5.57 Å². The van der Waals surface area contributed by atoms with Crippen LogP contribution in [0, 0.1) is 0 Å². The average Bonchev–Trinajstić information content (AvgIpc) is 2.27. The minimum atomic E-state index is -1.24. The molecule has 0 aromatic carbocycles. The number of hydrogen-bond acceptors (Lipinski definition) is 4. The van der Waals surface area contributed by atoms with E-state index < -0.39 is 17.9 Å². The zero-order valence-electron chi connectivity index (χ0n) is 11.9. The highest BCUT2D eigenvalue weighted by molar-refractivity contribution is 5.94. The summed E-state index contributed by atoms with van der Waals surface area (Å²) in [6, 6.07) is 0. The molecule has 0 spiro atoms. The number of carboxylic acid groups (broad SMARTS) is 3. The van der Waals surface area contributed by atoms with Crippen molar-refractivity contribution in [3.63, 3.8) is 0 Å². The minimum Gasteiger partial charge on any atom is -0.478 e. The summed E-state index contributed by atoms with van der Waals surface area (Å²) in [5.74, 6) is -3.34. The smallest absolute Gasteiger partial charge is 0.331 e. The molecule has 0 fully saturated rings. The van der Waals surface area contributed by atoms with Gasteiger partial charge in [-0.25, -0.2) is 14.4 Å². The molecular formula is C13H21NO6. The highest BCUT2D eigenvalue weighted by Gasteiger charge is 2.02. The zero-order chi connectivity index (χ0) is 16.3. The van der Waals surface area contributed by atoms with E-state index in [1.807, 2.05) is 19.0 Å². The summed E-state index contributed by atoms with van der Waals surface area (Å²) in [4.78, 5) is 32.0. The second kappa shape index (κ2) is 10.7. The number of nitrogens with zero attached hydrogens (tertiary/aromatic N) is 1. The van der Waals surface area contributed by atoms with Gasteiger partial charge in [0, 0.05) is 17.2 Å². The van der Waals surface area contributed by atoms with Gasteiger partial charge in [0.2, 0.25) is 0 Å². The van der Waals surface area contributed by atoms with Gasteiger partial charge >= 0.3 is 17.9 Å². The molecule has 20 heavy (non-hydrogen) atoms. The Hall–Kier alpha value is -2.15. The van der Waals surface area contributed by atoms with Crippen LogP contribution < -0.4 is 0 Å². The van der Waals surface area contributed by atoms with Gasteiger partial charge in [-0.1, -0.05) is 6.58 Å². The van der Waals surface area contributed by atoms with Gasteiger partial charge in [0.25, 0.3) is 0 Å². The molecule has 0 radical (unpaired) electrons. The van der Waals surface area contributed by atoms with E-state index >= 15 is 0 Å². The van der Waals surface area contributed by atoms with E-state index in [9.17, 15) is 14.4 Å². The Labute approximate surface area is 117 Å². The summed E-state index contributed by atoms with van der Waals surface area (Å²) in [5, 5.41) is 24.5. The quantitative estimate of drug-likeness (QED) is 0.600. The first kappa shape index (κ1) is 20.2. The van der Waals surface area contributed by atoms with Crippen LogP contribution in [0.15, 0.2) is 23.8 Å². The molecule has 0 atom stereocenters. The first-order chi connectivity index (χ1) is 9.07. The second-order valence-corrected chi connectivity index (χ2v) is 4.29. The van der Waals surface area contributed by atoms with Crippen LogP contribution in [0.5, 0.6) is 0 Å². The maximum atomic E-state index is 10.3. The molecule has 0 rings (SSSR count). The van der Waals surface area contributed by atoms with Crippen molar-refractivity contribution in [2.75, 3.05) is 20.6 Å². The van der Waals surface area contributed by atoms with Crippen molar-refractivity contribution in [3.8, 4) is 0 Å². The van der Waals surface area contributed by atoms with E-state index in [1.54, 1.807) is 0 Å². The van der Waals surface area contributed by atoms with Gasteiger partial charge in [0.1, 0.15) is 0 Å². The Bertz CT molecular complexity index is 398. The van der Waals surface area contributed by atoms with Crippen molar-refractivity contribution >= 4 is 17.9 Å². The van der Waals surface area contributed by atoms with E-state index in [0.29, 0.717) is 18.1 Å². The molecule has 7 nitrogen and oxygen atoms in total. The summed E-state index contributed by atoms with van der Waals surface area (Å²) in [5.41, 5.74) is 0.120. The van der Waals surface area contributed by atoms with Gasteiger partial charge in [-0.15, -0.1) is 0 Å². The van der Waals surface area contributed by atoms with Crippen molar-refractivity contribution in [2.24, 2.45) is 0 Å². The maximum absolute atomic E-state index is 10.3. The molecule has 0 aliphatic heterocycles. The number of carbonyl (C=O) groups is 3. The molecule has 3 N–H and O–H groups in total. The lowest BCUT2D eigenvalue weighted by Crippen LogP contribution is -2.13. The molecule has 0 bridgehead atoms. The average molecular weight is 287 g/mol. The summed E-state index contributed by atoms with van der Waals surface area (Å²) in [7, 11) is 3.92. The largest absolute Gasteiger partial charge is 0.478 e. The third-order valence-corrected chi connectivity index (χ3v) is 2.06. The van der Waals surface area contributed by atoms with Crippen LogP contribution >= 0.6 is 0 Å². The van der Waals surface area contributed by atoms with Crippen LogP contribution in [0.1, 0.15) is 19.8 Å². The van der Waals surface area contributed by atoms with Gasteiger partial charge in [0.05, 0.1) is 0 Å². The van der Waals surface area contributed by atoms with Crippen molar-refractivity contribution < 1.29 is 29.7 Å². The number of rotatable bonds is 7. The molecule has 0 heterocycles. The maximum Gasteiger partial charge on any atom is 0.331 e. The van der Waals surface area contributed by atoms with E-state index in [1.165, 1.54) is 6.92 Å². The summed E-state index contributed by atoms with van der Waals surface area (Å²) < 4.78 is 0. The van der Waals surface area contributed by atoms with Crippen LogP contribution in [0.2, 0.25) is 0 Å². The molecular weight excluding hydrogens is 266 g/mol. The van der Waals surface area contributed by atoms with E-state index in [0.717, 1.165) is 13.0 Å². The summed E-state index contributed by atoms with van der Waals surface area (Å²) in [6.45, 7) is 5.56. The van der Waals surface area contributed by atoms with Crippen molar-refractivity contribution in [1.82, 2.24) is 4.90 Å². The van der Waals surface area contributed by atoms with Crippen LogP contribution in [-0.2, 0) is 14.4 Å². The fourth-order valence-corrected chi connectivity index (χ4v) is 0.963. The fraction of sp³-hybridized carbons (Fsp3) is 0.462. The van der Waals surface area contributed by atoms with Crippen LogP contribution in [0.3, 0.4) is 0 Å². The highest BCUT2D eigenvalue weighted by Crippen LogP contribution is 2.01. The predicted octanol–water partition coefficient (Wildman–Crippen LogP) is 1.07. The van der Waals surface area contributed by atoms with Gasteiger partial charge in [-0.2, -0.15) is 0 Å². The monoisotopic (exact) mass is 287 g/mol. The predicted molar refractivity (Wildman–Crippen MR) is 73.6 cm³/mol. The molecule has 0 amide bonds. The Morgan fingerprint density at radius 2 is 1.60 bits per heavy atom. The van der Waals surface area contributed by atoms with Crippen LogP contribution in [0.4, 0.5) is 0 Å². The number of hydrogen-bond donors (Lipinski definition) is 3. The van der Waals surface area contributed by atoms with Gasteiger partial charge in [0.15, 0.2) is 0 Å². The van der Waals surface area contributed by atoms with Crippen LogP contribution in [0.25, 0.3) is 0 Å². The minimum absolute atomic E-state index is 0.178. The number of aliphatic carboxylic acids is 3. The Morgan fingerprint density at radius 1 is 1.10 bits per heavy atom. The topological polar surface area (TPSA) is 115 Å². The van der Waals surface area contributed by atoms with Crippen LogP contribution in [-0.4, -0.2) is 58.8 Å². The molecule has 0 aromatic heterocycles. The molecule has 114 valence electrons. The zero-order valence-corrected chi connectivity index (χ0v) is 11.9. The Kier molecular flexibility index (Phi) is 10.8. The van der Waals surface area contributed by atoms with E-state index in [2.05, 4.69) is 6.58 Å². The second-order valence-electron chi connectivity index (χ2n) is 4.29. The van der Waals surface area contributed by atoms with Crippen molar-refractivity contribution in [3.05, 3.63) is 23.8 Å². The third kappa shape index (κ3) is 13.9. The summed E-state index contributed by atoms with van der Waals surface area (Å²) in [6.07, 6.45) is 2.08. The van der Waals surface area contributed by atoms with E-state index in [4.69, 9.17) is 15.3 Å². The molecule has 0 aliphatic rings. The molecule has 0 saturated carbocycles. The standard InChI is InChI=1S/C8H15NO2.C5H6O4/c1-7(8(10)11)5-4-6-9(2)3;1-3(5(8)9)2-4(6)7/h1,4-6H2,2-3H3,(H,10,11);2H,1H3,(H,6,7)(H,8,9)/b;3-2-. The molecule has 0 aliphatic carbocycles. The lowest BCUT2D eigenvalue weighted by atomic mass is 10.1. The fourth-order valence-electron chi connectivity index (χ4n) is 0.963. The highest BCUT2D eigenvalue weighted by atomic mass is 16.4. The normalized spacial score (nSPS) is 10.5. The molecule has 7 heteroatoms. The SMILES string of the molecule is C/C(=C/C(=O)O)C(=O)O.C=C(CCCN(C)C)C(=O)O. The molecule has 0 unspecified atom stereocenters.